The van der Waals surface area contributed by atoms with E-state index in [-0.39, 0.29) is 5.92 Å². The minimum atomic E-state index is -0.472. The maximum Gasteiger partial charge on any atom is 0.158 e. The van der Waals surface area contributed by atoms with Crippen molar-refractivity contribution in [2.45, 2.75) is 39.2 Å². The van der Waals surface area contributed by atoms with Crippen molar-refractivity contribution in [3.63, 3.8) is 0 Å². The van der Waals surface area contributed by atoms with Crippen LogP contribution in [0.25, 0.3) is 5.00 Å². The number of ether oxygens (including phenoxy) is 1. The van der Waals surface area contributed by atoms with Crippen molar-refractivity contribution in [1.82, 2.24) is 14.8 Å². The molecule has 28 heavy (non-hydrogen) atoms. The van der Waals surface area contributed by atoms with Gasteiger partial charge in [-0.3, -0.25) is 4.57 Å². The van der Waals surface area contributed by atoms with Crippen molar-refractivity contribution >= 4 is 22.9 Å². The van der Waals surface area contributed by atoms with Crippen LogP contribution in [-0.2, 0) is 16.7 Å². The third-order valence-corrected chi connectivity index (χ3v) is 7.23. The fourth-order valence-electron chi connectivity index (χ4n) is 3.79. The Morgan fingerprint density at radius 2 is 1.96 bits per heavy atom. The Balaban J connectivity index is 1.78. The van der Waals surface area contributed by atoms with Crippen LogP contribution in [0.15, 0.2) is 24.3 Å². The minimum absolute atomic E-state index is 0.279. The molecule has 148 valence electrons. The highest BCUT2D eigenvalue weighted by molar-refractivity contribution is 7.14. The molecule has 0 saturated heterocycles. The Bertz CT molecular complexity index is 1010. The summed E-state index contributed by atoms with van der Waals surface area (Å²) in [4.78, 5) is 1.30. The topological polar surface area (TPSA) is 66.0 Å². The number of rotatable bonds is 6. The molecule has 2 aromatic heterocycles. The SMILES string of the molecule is COCC1CC1(N)c1nnc(C)n1-c1sc(C)c(C)c1Cc1ccc(Cl)cc1. The van der Waals surface area contributed by atoms with Crippen LogP contribution < -0.4 is 5.73 Å². The van der Waals surface area contributed by atoms with Gasteiger partial charge >= 0.3 is 0 Å². The molecule has 1 saturated carbocycles. The molecule has 0 aliphatic heterocycles. The number of thiophene rings is 1. The summed E-state index contributed by atoms with van der Waals surface area (Å²) in [6, 6.07) is 8.04. The lowest BCUT2D eigenvalue weighted by Crippen LogP contribution is -2.28. The molecule has 2 unspecified atom stereocenters. The average molecular weight is 417 g/mol. The van der Waals surface area contributed by atoms with Crippen molar-refractivity contribution in [3.05, 3.63) is 62.5 Å². The standard InChI is InChI=1S/C21H25ClN4OS/c1-12-13(2)28-19(18(12)9-15-5-7-17(22)8-6-15)26-14(3)24-25-20(26)21(23)10-16(21)11-27-4/h5-8,16H,9-11,23H2,1-4H3. The Labute approximate surface area is 174 Å². The molecule has 2 heterocycles. The maximum absolute atomic E-state index is 6.70. The largest absolute Gasteiger partial charge is 0.384 e. The highest BCUT2D eigenvalue weighted by Crippen LogP contribution is 2.50. The number of halogens is 1. The van der Waals surface area contributed by atoms with E-state index in [0.29, 0.717) is 6.61 Å². The summed E-state index contributed by atoms with van der Waals surface area (Å²) in [5, 5.41) is 10.8. The first-order valence-corrected chi connectivity index (χ1v) is 10.6. The second-order valence-corrected chi connectivity index (χ2v) is 9.31. The summed E-state index contributed by atoms with van der Waals surface area (Å²) in [5.41, 5.74) is 10.1. The molecule has 1 aliphatic rings. The summed E-state index contributed by atoms with van der Waals surface area (Å²) < 4.78 is 7.48. The maximum atomic E-state index is 6.70. The molecule has 2 N–H and O–H groups in total. The zero-order chi connectivity index (χ0) is 20.1. The van der Waals surface area contributed by atoms with Crippen LogP contribution in [0.5, 0.6) is 0 Å². The highest BCUT2D eigenvalue weighted by Gasteiger charge is 2.56. The first-order chi connectivity index (χ1) is 13.3. The second kappa shape index (κ2) is 7.26. The van der Waals surface area contributed by atoms with Crippen LogP contribution in [0.2, 0.25) is 5.02 Å². The molecule has 0 bridgehead atoms. The number of aryl methyl sites for hydroxylation is 2. The zero-order valence-corrected chi connectivity index (χ0v) is 18.2. The predicted octanol–water partition coefficient (Wildman–Crippen LogP) is 4.32. The number of hydrogen-bond donors (Lipinski definition) is 1. The summed E-state index contributed by atoms with van der Waals surface area (Å²) in [5.74, 6) is 1.98. The number of nitrogens with zero attached hydrogens (tertiary/aromatic N) is 3. The van der Waals surface area contributed by atoms with E-state index in [0.717, 1.165) is 34.5 Å². The van der Waals surface area contributed by atoms with Crippen molar-refractivity contribution in [2.24, 2.45) is 11.7 Å². The quantitative estimate of drug-likeness (QED) is 0.649. The molecular weight excluding hydrogens is 392 g/mol. The third kappa shape index (κ3) is 3.28. The fraction of sp³-hybridized carbons (Fsp3) is 0.429. The van der Waals surface area contributed by atoms with Crippen LogP contribution in [-0.4, -0.2) is 28.5 Å². The Morgan fingerprint density at radius 3 is 2.64 bits per heavy atom. The van der Waals surface area contributed by atoms with Gasteiger partial charge in [-0.15, -0.1) is 21.5 Å². The second-order valence-electron chi connectivity index (χ2n) is 7.67. The smallest absolute Gasteiger partial charge is 0.158 e. The predicted molar refractivity (Wildman–Crippen MR) is 114 cm³/mol. The van der Waals surface area contributed by atoms with E-state index in [4.69, 9.17) is 22.1 Å². The average Bonchev–Trinajstić information content (AvgIpc) is 3.02. The van der Waals surface area contributed by atoms with Gasteiger partial charge in [-0.1, -0.05) is 23.7 Å². The Morgan fingerprint density at radius 1 is 1.25 bits per heavy atom. The number of nitrogens with two attached hydrogens (primary N) is 1. The normalized spacial score (nSPS) is 21.3. The van der Waals surface area contributed by atoms with Gasteiger partial charge in [0.1, 0.15) is 10.8 Å². The molecule has 2 atom stereocenters. The number of hydrogen-bond acceptors (Lipinski definition) is 5. The van der Waals surface area contributed by atoms with E-state index in [1.165, 1.54) is 21.6 Å². The molecule has 4 rings (SSSR count). The van der Waals surface area contributed by atoms with E-state index in [9.17, 15) is 0 Å². The Hall–Kier alpha value is -1.73. The molecular formula is C21H25ClN4OS. The number of aromatic nitrogens is 3. The molecule has 0 spiro atoms. The van der Waals surface area contributed by atoms with Crippen LogP contribution in [0.1, 0.15) is 39.6 Å². The van der Waals surface area contributed by atoms with Gasteiger partial charge in [-0.25, -0.2) is 0 Å². The summed E-state index contributed by atoms with van der Waals surface area (Å²) >= 11 is 7.84. The molecule has 3 aromatic rings. The van der Waals surface area contributed by atoms with E-state index < -0.39 is 5.54 Å². The van der Waals surface area contributed by atoms with Crippen molar-refractivity contribution < 1.29 is 4.74 Å². The lowest BCUT2D eigenvalue weighted by Gasteiger charge is -2.15. The van der Waals surface area contributed by atoms with Gasteiger partial charge in [0.05, 0.1) is 12.1 Å². The van der Waals surface area contributed by atoms with Crippen LogP contribution >= 0.6 is 22.9 Å². The van der Waals surface area contributed by atoms with Gasteiger partial charge in [0.25, 0.3) is 0 Å². The van der Waals surface area contributed by atoms with E-state index in [1.54, 1.807) is 18.4 Å². The van der Waals surface area contributed by atoms with E-state index in [2.05, 4.69) is 40.7 Å². The first-order valence-electron chi connectivity index (χ1n) is 9.39. The Kier molecular flexibility index (Phi) is 5.08. The summed E-state index contributed by atoms with van der Waals surface area (Å²) in [6.45, 7) is 6.98. The van der Waals surface area contributed by atoms with E-state index >= 15 is 0 Å². The molecule has 5 nitrogen and oxygen atoms in total. The lowest BCUT2D eigenvalue weighted by atomic mass is 10.0. The van der Waals surface area contributed by atoms with E-state index in [1.807, 2.05) is 19.1 Å². The molecule has 1 fully saturated rings. The van der Waals surface area contributed by atoms with Crippen molar-refractivity contribution in [1.29, 1.82) is 0 Å². The fourth-order valence-corrected chi connectivity index (χ4v) is 5.14. The first kappa shape index (κ1) is 19.6. The van der Waals surface area contributed by atoms with Gasteiger partial charge in [-0.2, -0.15) is 0 Å². The van der Waals surface area contributed by atoms with Gasteiger partial charge < -0.3 is 10.5 Å². The van der Waals surface area contributed by atoms with Crippen molar-refractivity contribution in [3.8, 4) is 5.00 Å². The molecule has 7 heteroatoms. The number of methoxy groups -OCH3 is 1. The lowest BCUT2D eigenvalue weighted by molar-refractivity contribution is 0.177. The van der Waals surface area contributed by atoms with Gasteiger partial charge in [-0.05, 0) is 56.0 Å². The van der Waals surface area contributed by atoms with Gasteiger partial charge in [0.15, 0.2) is 5.82 Å². The molecule has 1 aromatic carbocycles. The molecule has 0 amide bonds. The minimum Gasteiger partial charge on any atom is -0.384 e. The number of benzene rings is 1. The van der Waals surface area contributed by atoms with Crippen LogP contribution in [0.4, 0.5) is 0 Å². The third-order valence-electron chi connectivity index (χ3n) is 5.75. The molecule has 0 radical (unpaired) electrons. The van der Waals surface area contributed by atoms with Crippen molar-refractivity contribution in [2.75, 3.05) is 13.7 Å². The van der Waals surface area contributed by atoms with Crippen LogP contribution in [0.3, 0.4) is 0 Å². The molecule has 1 aliphatic carbocycles. The monoisotopic (exact) mass is 416 g/mol. The highest BCUT2D eigenvalue weighted by atomic mass is 35.5. The zero-order valence-electron chi connectivity index (χ0n) is 16.6. The van der Waals surface area contributed by atoms with Gasteiger partial charge in [0.2, 0.25) is 0 Å². The van der Waals surface area contributed by atoms with Gasteiger partial charge in [0, 0.05) is 29.3 Å². The summed E-state index contributed by atoms with van der Waals surface area (Å²) in [6.07, 6.45) is 1.70. The van der Waals surface area contributed by atoms with Crippen LogP contribution in [0, 0.1) is 26.7 Å². The summed E-state index contributed by atoms with van der Waals surface area (Å²) in [7, 11) is 1.71.